The average Bonchev–Trinajstić information content (AvgIpc) is 2.54. The second-order valence-electron chi connectivity index (χ2n) is 5.27. The van der Waals surface area contributed by atoms with Crippen molar-refractivity contribution >= 4 is 0 Å². The highest BCUT2D eigenvalue weighted by molar-refractivity contribution is 4.95. The van der Waals surface area contributed by atoms with Gasteiger partial charge in [0.25, 0.3) is 0 Å². The maximum absolute atomic E-state index is 9.33. The standard InChI is InChI=1S/C14H26N2O/c1-12(2)16(9-10-17-3)14-8-6-4-5-7-13(14)11-15/h12-14H,4-10H2,1-3H3. The molecule has 0 N–H and O–H groups in total. The maximum Gasteiger partial charge on any atom is 0.0672 e. The van der Waals surface area contributed by atoms with Gasteiger partial charge in [-0.15, -0.1) is 0 Å². The van der Waals surface area contributed by atoms with E-state index in [-0.39, 0.29) is 5.92 Å². The van der Waals surface area contributed by atoms with Crippen LogP contribution in [0.2, 0.25) is 0 Å². The molecule has 2 atom stereocenters. The molecule has 3 heteroatoms. The first-order valence-electron chi connectivity index (χ1n) is 6.85. The van der Waals surface area contributed by atoms with Crippen LogP contribution in [-0.4, -0.2) is 37.2 Å². The zero-order valence-corrected chi connectivity index (χ0v) is 11.5. The molecule has 1 aliphatic rings. The molecule has 3 nitrogen and oxygen atoms in total. The molecule has 0 heterocycles. The van der Waals surface area contributed by atoms with E-state index in [0.717, 1.165) is 19.6 Å². The Labute approximate surface area is 106 Å². The zero-order valence-electron chi connectivity index (χ0n) is 11.5. The van der Waals surface area contributed by atoms with Crippen LogP contribution in [0.1, 0.15) is 46.0 Å². The van der Waals surface area contributed by atoms with E-state index >= 15 is 0 Å². The van der Waals surface area contributed by atoms with Crippen molar-refractivity contribution in [1.82, 2.24) is 4.90 Å². The quantitative estimate of drug-likeness (QED) is 0.691. The number of hydrogen-bond acceptors (Lipinski definition) is 3. The van der Waals surface area contributed by atoms with Gasteiger partial charge < -0.3 is 4.74 Å². The topological polar surface area (TPSA) is 36.3 Å². The Bertz CT molecular complexity index is 247. The number of nitriles is 1. The van der Waals surface area contributed by atoms with Gasteiger partial charge in [0.15, 0.2) is 0 Å². The lowest BCUT2D eigenvalue weighted by molar-refractivity contribution is 0.0758. The minimum absolute atomic E-state index is 0.205. The van der Waals surface area contributed by atoms with Crippen molar-refractivity contribution < 1.29 is 4.74 Å². The van der Waals surface area contributed by atoms with Crippen LogP contribution in [0.5, 0.6) is 0 Å². The lowest BCUT2D eigenvalue weighted by Crippen LogP contribution is -2.45. The molecule has 1 rings (SSSR count). The summed E-state index contributed by atoms with van der Waals surface area (Å²) in [6, 6.07) is 3.44. The lowest BCUT2D eigenvalue weighted by atomic mass is 9.94. The van der Waals surface area contributed by atoms with Gasteiger partial charge in [0, 0.05) is 25.7 Å². The molecule has 2 unspecified atom stereocenters. The van der Waals surface area contributed by atoms with E-state index in [4.69, 9.17) is 4.74 Å². The summed E-state index contributed by atoms with van der Waals surface area (Å²) in [6.07, 6.45) is 5.99. The minimum atomic E-state index is 0.205. The highest BCUT2D eigenvalue weighted by Gasteiger charge is 2.30. The summed E-state index contributed by atoms with van der Waals surface area (Å²) < 4.78 is 5.19. The zero-order chi connectivity index (χ0) is 12.7. The number of rotatable bonds is 5. The molecule has 0 bridgehead atoms. The smallest absolute Gasteiger partial charge is 0.0672 e. The van der Waals surface area contributed by atoms with Gasteiger partial charge in [0.2, 0.25) is 0 Å². The van der Waals surface area contributed by atoms with Crippen LogP contribution in [0, 0.1) is 17.2 Å². The van der Waals surface area contributed by atoms with Crippen LogP contribution in [0.15, 0.2) is 0 Å². The van der Waals surface area contributed by atoms with Crippen LogP contribution >= 0.6 is 0 Å². The van der Waals surface area contributed by atoms with E-state index in [0.29, 0.717) is 12.1 Å². The first-order valence-corrected chi connectivity index (χ1v) is 6.85. The summed E-state index contributed by atoms with van der Waals surface area (Å²) in [5, 5.41) is 9.33. The third kappa shape index (κ3) is 4.29. The Balaban J connectivity index is 2.70. The normalized spacial score (nSPS) is 25.9. The minimum Gasteiger partial charge on any atom is -0.383 e. The van der Waals surface area contributed by atoms with Crippen molar-refractivity contribution in [2.24, 2.45) is 5.92 Å². The van der Waals surface area contributed by atoms with E-state index < -0.39 is 0 Å². The van der Waals surface area contributed by atoms with Gasteiger partial charge in [-0.25, -0.2) is 0 Å². The second-order valence-corrected chi connectivity index (χ2v) is 5.27. The van der Waals surface area contributed by atoms with Gasteiger partial charge in [-0.1, -0.05) is 19.3 Å². The summed E-state index contributed by atoms with van der Waals surface area (Å²) in [6.45, 7) is 6.13. The molecular weight excluding hydrogens is 212 g/mol. The highest BCUT2D eigenvalue weighted by Crippen LogP contribution is 2.28. The number of nitrogens with zero attached hydrogens (tertiary/aromatic N) is 2. The van der Waals surface area contributed by atoms with Crippen LogP contribution in [-0.2, 0) is 4.74 Å². The van der Waals surface area contributed by atoms with Crippen molar-refractivity contribution in [1.29, 1.82) is 5.26 Å². The molecule has 17 heavy (non-hydrogen) atoms. The summed E-state index contributed by atoms with van der Waals surface area (Å²) in [5.74, 6) is 0.205. The van der Waals surface area contributed by atoms with Crippen LogP contribution in [0.3, 0.4) is 0 Å². The van der Waals surface area contributed by atoms with E-state index in [1.54, 1.807) is 7.11 Å². The predicted molar refractivity (Wildman–Crippen MR) is 69.7 cm³/mol. The fourth-order valence-corrected chi connectivity index (χ4v) is 2.84. The lowest BCUT2D eigenvalue weighted by Gasteiger charge is -2.36. The molecular formula is C14H26N2O. The molecule has 1 aliphatic carbocycles. The summed E-state index contributed by atoms with van der Waals surface area (Å²) in [5.41, 5.74) is 0. The van der Waals surface area contributed by atoms with Gasteiger partial charge in [-0.05, 0) is 26.7 Å². The van der Waals surface area contributed by atoms with Crippen molar-refractivity contribution in [3.05, 3.63) is 0 Å². The molecule has 0 radical (unpaired) electrons. The molecule has 0 saturated heterocycles. The van der Waals surface area contributed by atoms with E-state index in [9.17, 15) is 5.26 Å². The number of methoxy groups -OCH3 is 1. The molecule has 0 aliphatic heterocycles. The first-order chi connectivity index (χ1) is 8.20. The molecule has 0 aromatic heterocycles. The van der Waals surface area contributed by atoms with Crippen molar-refractivity contribution in [3.8, 4) is 6.07 Å². The van der Waals surface area contributed by atoms with E-state index in [1.165, 1.54) is 25.7 Å². The summed E-state index contributed by atoms with van der Waals surface area (Å²) in [4.78, 5) is 2.46. The monoisotopic (exact) mass is 238 g/mol. The van der Waals surface area contributed by atoms with Gasteiger partial charge in [-0.3, -0.25) is 4.90 Å². The Morgan fingerprint density at radius 2 is 2.00 bits per heavy atom. The van der Waals surface area contributed by atoms with Gasteiger partial charge in [-0.2, -0.15) is 5.26 Å². The Morgan fingerprint density at radius 3 is 2.59 bits per heavy atom. The van der Waals surface area contributed by atoms with E-state index in [1.807, 2.05) is 0 Å². The largest absolute Gasteiger partial charge is 0.383 e. The van der Waals surface area contributed by atoms with Crippen molar-refractivity contribution in [3.63, 3.8) is 0 Å². The first kappa shape index (κ1) is 14.5. The Kier molecular flexibility index (Phi) is 6.54. The molecule has 0 aromatic rings. The molecule has 98 valence electrons. The third-order valence-corrected chi connectivity index (χ3v) is 3.79. The maximum atomic E-state index is 9.33. The molecule has 0 amide bonds. The van der Waals surface area contributed by atoms with Gasteiger partial charge >= 0.3 is 0 Å². The number of ether oxygens (including phenoxy) is 1. The SMILES string of the molecule is COCCN(C(C)C)C1CCCCCC1C#N. The van der Waals surface area contributed by atoms with Gasteiger partial charge in [0.1, 0.15) is 0 Å². The van der Waals surface area contributed by atoms with Crippen LogP contribution in [0.4, 0.5) is 0 Å². The average molecular weight is 238 g/mol. The fraction of sp³-hybridized carbons (Fsp3) is 0.929. The van der Waals surface area contributed by atoms with Gasteiger partial charge in [0.05, 0.1) is 18.6 Å². The second kappa shape index (κ2) is 7.68. The van der Waals surface area contributed by atoms with Crippen LogP contribution < -0.4 is 0 Å². The number of hydrogen-bond donors (Lipinski definition) is 0. The van der Waals surface area contributed by atoms with E-state index in [2.05, 4.69) is 24.8 Å². The molecule has 1 fully saturated rings. The van der Waals surface area contributed by atoms with Crippen molar-refractivity contribution in [2.45, 2.75) is 58.0 Å². The van der Waals surface area contributed by atoms with Crippen LogP contribution in [0.25, 0.3) is 0 Å². The molecule has 0 spiro atoms. The van der Waals surface area contributed by atoms with Crippen molar-refractivity contribution in [2.75, 3.05) is 20.3 Å². The highest BCUT2D eigenvalue weighted by atomic mass is 16.5. The predicted octanol–water partition coefficient (Wildman–Crippen LogP) is 2.82. The Morgan fingerprint density at radius 1 is 1.29 bits per heavy atom. The molecule has 0 aromatic carbocycles. The molecule has 1 saturated carbocycles. The summed E-state index contributed by atoms with van der Waals surface area (Å²) >= 11 is 0. The summed E-state index contributed by atoms with van der Waals surface area (Å²) in [7, 11) is 1.74. The Hall–Kier alpha value is -0.590. The third-order valence-electron chi connectivity index (χ3n) is 3.79. The fourth-order valence-electron chi connectivity index (χ4n) is 2.84.